The number of aryl methyl sites for hydroxylation is 2. The molecule has 0 unspecified atom stereocenters. The molecule has 1 N–H and O–H groups in total. The molecule has 8 heteroatoms. The van der Waals surface area contributed by atoms with E-state index in [2.05, 4.69) is 10.3 Å². The van der Waals surface area contributed by atoms with Crippen LogP contribution in [0.5, 0.6) is 0 Å². The number of rotatable bonds is 6. The Hall–Kier alpha value is -2.53. The van der Waals surface area contributed by atoms with Crippen LogP contribution in [0.1, 0.15) is 27.9 Å². The van der Waals surface area contributed by atoms with E-state index in [1.165, 1.54) is 6.92 Å². The predicted octanol–water partition coefficient (Wildman–Crippen LogP) is 4.04. The molecule has 2 rings (SSSR count). The largest absolute Gasteiger partial charge is 0.417 e. The van der Waals surface area contributed by atoms with E-state index >= 15 is 0 Å². The number of thioether (sulfide) groups is 1. The number of nitrogens with one attached hydrogen (secondary N) is 1. The van der Waals surface area contributed by atoms with Gasteiger partial charge in [0.05, 0.1) is 16.9 Å². The molecule has 1 amide bonds. The molecular formula is C19H18F3N3OS. The molecule has 0 saturated carbocycles. The van der Waals surface area contributed by atoms with E-state index in [0.717, 1.165) is 29.0 Å². The number of hydrogen-bond donors (Lipinski definition) is 1. The van der Waals surface area contributed by atoms with E-state index in [0.29, 0.717) is 13.0 Å². The van der Waals surface area contributed by atoms with Crippen molar-refractivity contribution in [1.82, 2.24) is 10.3 Å². The van der Waals surface area contributed by atoms with E-state index < -0.39 is 17.3 Å². The fraction of sp³-hybridized carbons (Fsp3) is 0.316. The quantitative estimate of drug-likeness (QED) is 0.753. The van der Waals surface area contributed by atoms with Crippen molar-refractivity contribution >= 4 is 17.7 Å². The Morgan fingerprint density at radius 2 is 2.00 bits per heavy atom. The van der Waals surface area contributed by atoms with Crippen molar-refractivity contribution in [2.75, 3.05) is 12.3 Å². The zero-order chi connectivity index (χ0) is 20.0. The zero-order valence-corrected chi connectivity index (χ0v) is 15.7. The lowest BCUT2D eigenvalue weighted by atomic mass is 10.1. The van der Waals surface area contributed by atoms with Crippen molar-refractivity contribution in [3.8, 4) is 6.07 Å². The highest BCUT2D eigenvalue weighted by Gasteiger charge is 2.35. The second kappa shape index (κ2) is 8.91. The number of carbonyl (C=O) groups excluding carboxylic acids is 1. The molecule has 0 saturated heterocycles. The first-order valence-corrected chi connectivity index (χ1v) is 9.14. The first kappa shape index (κ1) is 20.8. The maximum Gasteiger partial charge on any atom is 0.417 e. The van der Waals surface area contributed by atoms with Crippen LogP contribution in [0.4, 0.5) is 13.2 Å². The molecule has 0 fully saturated rings. The molecule has 0 radical (unpaired) electrons. The fourth-order valence-corrected chi connectivity index (χ4v) is 3.37. The topological polar surface area (TPSA) is 65.8 Å². The van der Waals surface area contributed by atoms with Gasteiger partial charge in [-0.25, -0.2) is 4.98 Å². The number of halogens is 3. The number of carbonyl (C=O) groups is 1. The van der Waals surface area contributed by atoms with Gasteiger partial charge in [0.1, 0.15) is 11.1 Å². The molecule has 0 aliphatic carbocycles. The Kier molecular flexibility index (Phi) is 6.86. The minimum atomic E-state index is -4.65. The predicted molar refractivity (Wildman–Crippen MR) is 97.3 cm³/mol. The molecule has 1 aromatic heterocycles. The van der Waals surface area contributed by atoms with E-state index in [4.69, 9.17) is 5.26 Å². The van der Waals surface area contributed by atoms with Crippen LogP contribution in [-0.2, 0) is 17.4 Å². The number of nitriles is 1. The smallest absolute Gasteiger partial charge is 0.355 e. The molecule has 27 heavy (non-hydrogen) atoms. The summed E-state index contributed by atoms with van der Waals surface area (Å²) in [4.78, 5) is 16.0. The SMILES string of the molecule is Cc1cc(C(F)(F)F)c(C#N)c(SCC(=O)NCCc2ccccc2C)n1. The average molecular weight is 393 g/mol. The summed E-state index contributed by atoms with van der Waals surface area (Å²) in [5.41, 5.74) is 0.811. The number of amides is 1. The minimum Gasteiger partial charge on any atom is -0.355 e. The van der Waals surface area contributed by atoms with Crippen molar-refractivity contribution < 1.29 is 18.0 Å². The first-order chi connectivity index (χ1) is 12.7. The third-order valence-corrected chi connectivity index (χ3v) is 4.82. The van der Waals surface area contributed by atoms with Gasteiger partial charge < -0.3 is 5.32 Å². The lowest BCUT2D eigenvalue weighted by molar-refractivity contribution is -0.138. The summed E-state index contributed by atoms with van der Waals surface area (Å²) in [6.45, 7) is 3.82. The lowest BCUT2D eigenvalue weighted by Crippen LogP contribution is -2.27. The Bertz CT molecular complexity index is 875. The van der Waals surface area contributed by atoms with Gasteiger partial charge in [0.2, 0.25) is 5.91 Å². The molecule has 0 bridgehead atoms. The summed E-state index contributed by atoms with van der Waals surface area (Å²) in [5.74, 6) is -0.440. The van der Waals surface area contributed by atoms with Crippen molar-refractivity contribution in [2.24, 2.45) is 0 Å². The van der Waals surface area contributed by atoms with Gasteiger partial charge in [-0.15, -0.1) is 0 Å². The molecule has 4 nitrogen and oxygen atoms in total. The second-order valence-corrected chi connectivity index (χ2v) is 6.88. The Balaban J connectivity index is 1.98. The third kappa shape index (κ3) is 5.73. The number of alkyl halides is 3. The van der Waals surface area contributed by atoms with Gasteiger partial charge in [-0.1, -0.05) is 36.0 Å². The Morgan fingerprint density at radius 3 is 2.63 bits per heavy atom. The van der Waals surface area contributed by atoms with E-state index in [1.807, 2.05) is 31.2 Å². The Morgan fingerprint density at radius 1 is 1.30 bits per heavy atom. The van der Waals surface area contributed by atoms with E-state index in [1.54, 1.807) is 6.07 Å². The van der Waals surface area contributed by atoms with Gasteiger partial charge in [0.15, 0.2) is 0 Å². The summed E-state index contributed by atoms with van der Waals surface area (Å²) >= 11 is 0.828. The third-order valence-electron chi connectivity index (χ3n) is 3.85. The van der Waals surface area contributed by atoms with Gasteiger partial charge in [-0.3, -0.25) is 4.79 Å². The van der Waals surface area contributed by atoms with Gasteiger partial charge in [0, 0.05) is 12.2 Å². The van der Waals surface area contributed by atoms with Crippen LogP contribution in [0.25, 0.3) is 0 Å². The monoisotopic (exact) mass is 393 g/mol. The Labute approximate surface area is 159 Å². The second-order valence-electron chi connectivity index (χ2n) is 5.92. The van der Waals surface area contributed by atoms with Crippen molar-refractivity contribution in [3.05, 3.63) is 58.3 Å². The van der Waals surface area contributed by atoms with Crippen LogP contribution in [0.15, 0.2) is 35.4 Å². The highest BCUT2D eigenvalue weighted by atomic mass is 32.2. The molecule has 0 aliphatic heterocycles. The highest BCUT2D eigenvalue weighted by Crippen LogP contribution is 2.35. The summed E-state index contributed by atoms with van der Waals surface area (Å²) in [7, 11) is 0. The molecular weight excluding hydrogens is 375 g/mol. The maximum atomic E-state index is 13.1. The molecule has 0 atom stereocenters. The van der Waals surface area contributed by atoms with Gasteiger partial charge >= 0.3 is 6.18 Å². The standard InChI is InChI=1S/C19H18F3N3OS/c1-12-5-3-4-6-14(12)7-8-24-17(26)11-27-18-15(10-23)16(19(20,21)22)9-13(2)25-18/h3-6,9H,7-8,11H2,1-2H3,(H,24,26). The first-order valence-electron chi connectivity index (χ1n) is 8.15. The van der Waals surface area contributed by atoms with E-state index in [-0.39, 0.29) is 22.4 Å². The molecule has 0 spiro atoms. The van der Waals surface area contributed by atoms with Crippen LogP contribution in [0, 0.1) is 25.2 Å². The number of aromatic nitrogens is 1. The number of pyridine rings is 1. The van der Waals surface area contributed by atoms with Gasteiger partial charge in [-0.2, -0.15) is 18.4 Å². The van der Waals surface area contributed by atoms with Crippen molar-refractivity contribution in [3.63, 3.8) is 0 Å². The van der Waals surface area contributed by atoms with Crippen LogP contribution in [0.3, 0.4) is 0 Å². The van der Waals surface area contributed by atoms with Crippen LogP contribution >= 0.6 is 11.8 Å². The molecule has 142 valence electrons. The normalized spacial score (nSPS) is 11.1. The van der Waals surface area contributed by atoms with Gasteiger partial charge in [0.25, 0.3) is 0 Å². The molecule has 1 heterocycles. The zero-order valence-electron chi connectivity index (χ0n) is 14.9. The molecule has 2 aromatic rings. The molecule has 1 aromatic carbocycles. The summed E-state index contributed by atoms with van der Waals surface area (Å²) in [6, 6.07) is 10.2. The van der Waals surface area contributed by atoms with E-state index in [9.17, 15) is 18.0 Å². The van der Waals surface area contributed by atoms with Crippen LogP contribution in [0.2, 0.25) is 0 Å². The van der Waals surface area contributed by atoms with Crippen LogP contribution in [-0.4, -0.2) is 23.2 Å². The number of benzene rings is 1. The summed E-state index contributed by atoms with van der Waals surface area (Å²) < 4.78 is 39.3. The highest BCUT2D eigenvalue weighted by molar-refractivity contribution is 8.00. The number of nitrogens with zero attached hydrogens (tertiary/aromatic N) is 2. The number of hydrogen-bond acceptors (Lipinski definition) is 4. The van der Waals surface area contributed by atoms with Crippen molar-refractivity contribution in [2.45, 2.75) is 31.5 Å². The summed E-state index contributed by atoms with van der Waals surface area (Å²) in [6.07, 6.45) is -3.99. The molecule has 0 aliphatic rings. The summed E-state index contributed by atoms with van der Waals surface area (Å²) in [5, 5.41) is 11.8. The maximum absolute atomic E-state index is 13.1. The van der Waals surface area contributed by atoms with Gasteiger partial charge in [-0.05, 0) is 37.5 Å². The van der Waals surface area contributed by atoms with Crippen LogP contribution < -0.4 is 5.32 Å². The minimum absolute atomic E-state index is 0.0844. The fourth-order valence-electron chi connectivity index (χ4n) is 2.49. The lowest BCUT2D eigenvalue weighted by Gasteiger charge is -2.13. The average Bonchev–Trinajstić information content (AvgIpc) is 2.60. The van der Waals surface area contributed by atoms with Crippen molar-refractivity contribution in [1.29, 1.82) is 5.26 Å².